The summed E-state index contributed by atoms with van der Waals surface area (Å²) in [6, 6.07) is 16.5. The van der Waals surface area contributed by atoms with Crippen molar-refractivity contribution >= 4 is 32.1 Å². The third kappa shape index (κ3) is 3.93. The van der Waals surface area contributed by atoms with E-state index in [4.69, 9.17) is 0 Å². The fourth-order valence-corrected chi connectivity index (χ4v) is 6.59. The first kappa shape index (κ1) is 19.5. The molecule has 1 atom stereocenters. The predicted octanol–water partition coefficient (Wildman–Crippen LogP) is 4.59. The van der Waals surface area contributed by atoms with E-state index in [1.54, 1.807) is 5.38 Å². The first-order chi connectivity index (χ1) is 14.6. The Bertz CT molecular complexity index is 1260. The molecule has 1 fully saturated rings. The lowest BCUT2D eigenvalue weighted by molar-refractivity contribution is 0.328. The summed E-state index contributed by atoms with van der Waals surface area (Å²) in [5.74, 6) is 0.429. The van der Waals surface area contributed by atoms with Crippen molar-refractivity contribution in [2.75, 3.05) is 13.1 Å². The molecule has 5 nitrogen and oxygen atoms in total. The zero-order valence-corrected chi connectivity index (χ0v) is 18.1. The molecule has 1 saturated heterocycles. The quantitative estimate of drug-likeness (QED) is 0.479. The third-order valence-corrected chi connectivity index (χ3v) is 8.76. The van der Waals surface area contributed by atoms with Crippen LogP contribution < -0.4 is 0 Å². The molecular weight excluding hydrogens is 414 g/mol. The number of hydrogen-bond donors (Lipinski definition) is 1. The standard InChI is InChI=1S/C23H23N3O2S2/c27-30(28,23-24-9-11-29-23)16-17-4-3-5-18(12-17)19-8-10-26(14-19)15-20-13-25-22-7-2-1-6-21(20)22/h1-7,9,11-13,19,25H,8,10,14-16H2. The summed E-state index contributed by atoms with van der Waals surface area (Å²) >= 11 is 1.17. The van der Waals surface area contributed by atoms with Gasteiger partial charge in [-0.2, -0.15) is 0 Å². The fourth-order valence-electron chi connectivity index (χ4n) is 4.33. The maximum absolute atomic E-state index is 12.6. The molecule has 7 heteroatoms. The zero-order chi connectivity index (χ0) is 20.6. The third-order valence-electron chi connectivity index (χ3n) is 5.80. The highest BCUT2D eigenvalue weighted by Gasteiger charge is 2.25. The highest BCUT2D eigenvalue weighted by Crippen LogP contribution is 2.30. The summed E-state index contributed by atoms with van der Waals surface area (Å²) in [7, 11) is -3.38. The number of aromatic amines is 1. The lowest BCUT2D eigenvalue weighted by atomic mass is 9.97. The number of rotatable bonds is 6. The first-order valence-corrected chi connectivity index (χ1v) is 12.6. The predicted molar refractivity (Wildman–Crippen MR) is 120 cm³/mol. The molecule has 0 aliphatic carbocycles. The van der Waals surface area contributed by atoms with Crippen LogP contribution in [-0.2, 0) is 22.1 Å². The Morgan fingerprint density at radius 1 is 1.17 bits per heavy atom. The van der Waals surface area contributed by atoms with Crippen LogP contribution in [0.4, 0.5) is 0 Å². The maximum Gasteiger partial charge on any atom is 0.209 e. The molecule has 0 spiro atoms. The number of likely N-dealkylation sites (tertiary alicyclic amines) is 1. The van der Waals surface area contributed by atoms with Crippen molar-refractivity contribution in [2.24, 2.45) is 0 Å². The molecule has 0 amide bonds. The summed E-state index contributed by atoms with van der Waals surface area (Å²) in [5, 5.41) is 2.99. The van der Waals surface area contributed by atoms with Crippen LogP contribution in [0.5, 0.6) is 0 Å². The molecule has 2 aromatic heterocycles. The van der Waals surface area contributed by atoms with Crippen molar-refractivity contribution < 1.29 is 8.42 Å². The smallest absolute Gasteiger partial charge is 0.209 e. The number of nitrogens with zero attached hydrogens (tertiary/aromatic N) is 2. The van der Waals surface area contributed by atoms with Crippen LogP contribution >= 0.6 is 11.3 Å². The number of fused-ring (bicyclic) bond motifs is 1. The summed E-state index contributed by atoms with van der Waals surface area (Å²) in [6.07, 6.45) is 4.74. The number of sulfone groups is 1. The molecule has 0 bridgehead atoms. The van der Waals surface area contributed by atoms with Crippen LogP contribution in [0.15, 0.2) is 70.6 Å². The average molecular weight is 438 g/mol. The van der Waals surface area contributed by atoms with Crippen LogP contribution in [0.1, 0.15) is 29.0 Å². The zero-order valence-electron chi connectivity index (χ0n) is 16.5. The summed E-state index contributed by atoms with van der Waals surface area (Å²) in [6.45, 7) is 2.96. The van der Waals surface area contributed by atoms with Gasteiger partial charge in [-0.15, -0.1) is 11.3 Å². The highest BCUT2D eigenvalue weighted by molar-refractivity contribution is 7.92. The van der Waals surface area contributed by atoms with Crippen LogP contribution in [0.2, 0.25) is 0 Å². The summed E-state index contributed by atoms with van der Waals surface area (Å²) < 4.78 is 25.3. The molecule has 3 heterocycles. The van der Waals surface area contributed by atoms with Gasteiger partial charge in [0.05, 0.1) is 5.75 Å². The number of hydrogen-bond acceptors (Lipinski definition) is 5. The maximum atomic E-state index is 12.6. The lowest BCUT2D eigenvalue weighted by Crippen LogP contribution is -2.19. The van der Waals surface area contributed by atoms with Crippen LogP contribution in [0.25, 0.3) is 10.9 Å². The summed E-state index contributed by atoms with van der Waals surface area (Å²) in [4.78, 5) is 9.82. The van der Waals surface area contributed by atoms with Crippen molar-refractivity contribution in [2.45, 2.75) is 29.0 Å². The van der Waals surface area contributed by atoms with E-state index >= 15 is 0 Å². The van der Waals surface area contributed by atoms with E-state index in [-0.39, 0.29) is 10.1 Å². The SMILES string of the molecule is O=S(=O)(Cc1cccc(C2CCN(Cc3c[nH]c4ccccc34)C2)c1)c1nccs1. The molecule has 2 aromatic carbocycles. The van der Waals surface area contributed by atoms with Gasteiger partial charge >= 0.3 is 0 Å². The van der Waals surface area contributed by atoms with E-state index in [0.717, 1.165) is 31.6 Å². The molecule has 1 aliphatic rings. The van der Waals surface area contributed by atoms with Crippen LogP contribution in [0, 0.1) is 0 Å². The van der Waals surface area contributed by atoms with E-state index in [0.29, 0.717) is 5.92 Å². The molecule has 4 aromatic rings. The van der Waals surface area contributed by atoms with E-state index in [9.17, 15) is 8.42 Å². The Morgan fingerprint density at radius 2 is 2.07 bits per heavy atom. The number of nitrogens with one attached hydrogen (secondary N) is 1. The van der Waals surface area contributed by atoms with Gasteiger partial charge in [0, 0.05) is 41.8 Å². The molecule has 30 heavy (non-hydrogen) atoms. The van der Waals surface area contributed by atoms with Crippen molar-refractivity contribution in [3.63, 3.8) is 0 Å². The Labute approximate surface area is 180 Å². The van der Waals surface area contributed by atoms with Crippen molar-refractivity contribution in [3.05, 3.63) is 83.0 Å². The van der Waals surface area contributed by atoms with E-state index in [2.05, 4.69) is 57.5 Å². The second kappa shape index (κ2) is 7.98. The molecule has 0 radical (unpaired) electrons. The monoisotopic (exact) mass is 437 g/mol. The average Bonchev–Trinajstić information content (AvgIpc) is 3.50. The number of aromatic nitrogens is 2. The fraction of sp³-hybridized carbons (Fsp3) is 0.261. The topological polar surface area (TPSA) is 66.1 Å². The van der Waals surface area contributed by atoms with Gasteiger partial charge in [-0.1, -0.05) is 42.5 Å². The van der Waals surface area contributed by atoms with Crippen molar-refractivity contribution in [1.29, 1.82) is 0 Å². The number of H-pyrrole nitrogens is 1. The summed E-state index contributed by atoms with van der Waals surface area (Å²) in [5.41, 5.74) is 4.56. The van der Waals surface area contributed by atoms with E-state index in [1.807, 2.05) is 12.1 Å². The van der Waals surface area contributed by atoms with E-state index in [1.165, 1.54) is 39.6 Å². The Morgan fingerprint density at radius 3 is 2.93 bits per heavy atom. The van der Waals surface area contributed by atoms with Crippen molar-refractivity contribution in [1.82, 2.24) is 14.9 Å². The minimum atomic E-state index is -3.38. The largest absolute Gasteiger partial charge is 0.361 e. The Kier molecular flexibility index (Phi) is 5.18. The van der Waals surface area contributed by atoms with Gasteiger partial charge in [0.15, 0.2) is 0 Å². The molecule has 1 unspecified atom stereocenters. The second-order valence-corrected chi connectivity index (χ2v) is 10.9. The molecule has 0 saturated carbocycles. The van der Waals surface area contributed by atoms with Gasteiger partial charge in [-0.05, 0) is 41.6 Å². The van der Waals surface area contributed by atoms with Gasteiger partial charge in [0.2, 0.25) is 14.2 Å². The Hall–Kier alpha value is -2.48. The van der Waals surface area contributed by atoms with E-state index < -0.39 is 9.84 Å². The number of thiazole rings is 1. The minimum absolute atomic E-state index is 0.000126. The number of para-hydroxylation sites is 1. The van der Waals surface area contributed by atoms with Gasteiger partial charge in [0.25, 0.3) is 0 Å². The molecule has 1 N–H and O–H groups in total. The van der Waals surface area contributed by atoms with Gasteiger partial charge < -0.3 is 4.98 Å². The normalized spacial score (nSPS) is 17.7. The second-order valence-electron chi connectivity index (χ2n) is 7.88. The molecular formula is C23H23N3O2S2. The van der Waals surface area contributed by atoms with Crippen LogP contribution in [0.3, 0.4) is 0 Å². The minimum Gasteiger partial charge on any atom is -0.361 e. The van der Waals surface area contributed by atoms with Gasteiger partial charge in [-0.3, -0.25) is 4.90 Å². The first-order valence-electron chi connectivity index (χ1n) is 10.1. The Balaban J connectivity index is 1.28. The lowest BCUT2D eigenvalue weighted by Gasteiger charge is -2.16. The number of benzene rings is 2. The highest BCUT2D eigenvalue weighted by atomic mass is 32.2. The van der Waals surface area contributed by atoms with Crippen LogP contribution in [-0.4, -0.2) is 36.4 Å². The van der Waals surface area contributed by atoms with Gasteiger partial charge in [0.1, 0.15) is 0 Å². The molecule has 154 valence electrons. The van der Waals surface area contributed by atoms with Gasteiger partial charge in [-0.25, -0.2) is 13.4 Å². The van der Waals surface area contributed by atoms with Crippen molar-refractivity contribution in [3.8, 4) is 0 Å². The molecule has 1 aliphatic heterocycles. The molecule has 5 rings (SSSR count).